The molecule has 1 aromatic carbocycles. The summed E-state index contributed by atoms with van der Waals surface area (Å²) in [5.74, 6) is -0.817. The highest BCUT2D eigenvalue weighted by atomic mass is 32.2. The molecule has 1 heterocycles. The van der Waals surface area contributed by atoms with E-state index in [4.69, 9.17) is 0 Å². The van der Waals surface area contributed by atoms with Crippen LogP contribution in [0.3, 0.4) is 0 Å². The van der Waals surface area contributed by atoms with Gasteiger partial charge in [-0.25, -0.2) is 4.98 Å². The number of para-hydroxylation sites is 1. The lowest BCUT2D eigenvalue weighted by molar-refractivity contribution is -0.0501. The molecule has 0 atom stereocenters. The molecule has 0 amide bonds. The molecule has 0 N–H and O–H groups in total. The molecular weight excluding hydrogens is 299 g/mol. The van der Waals surface area contributed by atoms with E-state index >= 15 is 0 Å². The van der Waals surface area contributed by atoms with Gasteiger partial charge in [-0.15, -0.1) is 0 Å². The van der Waals surface area contributed by atoms with Crippen molar-refractivity contribution in [3.05, 3.63) is 35.9 Å². The first kappa shape index (κ1) is 14.3. The van der Waals surface area contributed by atoms with Crippen LogP contribution < -0.4 is 4.18 Å². The van der Waals surface area contributed by atoms with Crippen molar-refractivity contribution >= 4 is 27.3 Å². The van der Waals surface area contributed by atoms with Crippen LogP contribution in [0.5, 0.6) is 5.88 Å². The molecule has 5 nitrogen and oxygen atoms in total. The molecule has 0 radical (unpaired) electrons. The van der Waals surface area contributed by atoms with Gasteiger partial charge >= 0.3 is 15.6 Å². The summed E-state index contributed by atoms with van der Waals surface area (Å²) in [5, 5.41) is 0.374. The molecule has 0 unspecified atom stereocenters. The number of alkyl halides is 3. The van der Waals surface area contributed by atoms with Crippen LogP contribution in [0.2, 0.25) is 0 Å². The Hall–Kier alpha value is -2.16. The molecule has 9 heteroatoms. The van der Waals surface area contributed by atoms with Crippen molar-refractivity contribution in [2.45, 2.75) is 5.51 Å². The third-order valence-corrected chi connectivity index (χ3v) is 3.29. The summed E-state index contributed by atoms with van der Waals surface area (Å²) in [7, 11) is -5.82. The molecular formula is C11H6F3NO4S. The van der Waals surface area contributed by atoms with Crippen LogP contribution in [-0.4, -0.2) is 25.2 Å². The Morgan fingerprint density at radius 2 is 1.85 bits per heavy atom. The van der Waals surface area contributed by atoms with Crippen molar-refractivity contribution in [2.75, 3.05) is 0 Å². The van der Waals surface area contributed by atoms with E-state index < -0.39 is 21.5 Å². The molecule has 2 aromatic rings. The van der Waals surface area contributed by atoms with Crippen LogP contribution >= 0.6 is 0 Å². The zero-order valence-electron chi connectivity index (χ0n) is 9.59. The Kier molecular flexibility index (Phi) is 3.38. The standard InChI is InChI=1S/C11H6F3NO4S/c12-11(13,14)20(17,18)19-10-5-7(6-16)8-3-1-2-4-9(8)15-10/h1-6H. The summed E-state index contributed by atoms with van der Waals surface area (Å²) in [6.07, 6.45) is 0.372. The second-order valence-corrected chi connectivity index (χ2v) is 5.21. The smallest absolute Gasteiger partial charge is 0.355 e. The maximum atomic E-state index is 12.2. The van der Waals surface area contributed by atoms with E-state index in [2.05, 4.69) is 9.17 Å². The molecule has 0 bridgehead atoms. The Balaban J connectivity index is 2.55. The van der Waals surface area contributed by atoms with Crippen LogP contribution in [0.1, 0.15) is 10.4 Å². The van der Waals surface area contributed by atoms with Gasteiger partial charge in [-0.2, -0.15) is 21.6 Å². The fraction of sp³-hybridized carbons (Fsp3) is 0.0909. The van der Waals surface area contributed by atoms with Crippen molar-refractivity contribution in [1.29, 1.82) is 0 Å². The van der Waals surface area contributed by atoms with Gasteiger partial charge in [-0.1, -0.05) is 18.2 Å². The number of carbonyl (C=O) groups excluding carboxylic acids is 1. The van der Waals surface area contributed by atoms with Crippen LogP contribution in [0.15, 0.2) is 30.3 Å². The van der Waals surface area contributed by atoms with E-state index in [1.165, 1.54) is 18.2 Å². The number of hydrogen-bond acceptors (Lipinski definition) is 5. The molecule has 0 spiro atoms. The van der Waals surface area contributed by atoms with Crippen molar-refractivity contribution in [3.8, 4) is 5.88 Å². The minimum atomic E-state index is -5.82. The largest absolute Gasteiger partial charge is 0.534 e. The first-order chi connectivity index (χ1) is 9.24. The van der Waals surface area contributed by atoms with Crippen LogP contribution in [0.4, 0.5) is 13.2 Å². The van der Waals surface area contributed by atoms with E-state index in [1.807, 2.05) is 0 Å². The van der Waals surface area contributed by atoms with Gasteiger partial charge in [0, 0.05) is 17.0 Å². The van der Waals surface area contributed by atoms with Gasteiger partial charge in [0.1, 0.15) is 0 Å². The summed E-state index contributed by atoms with van der Waals surface area (Å²) >= 11 is 0. The minimum absolute atomic E-state index is 0.0250. The van der Waals surface area contributed by atoms with E-state index in [-0.39, 0.29) is 11.1 Å². The van der Waals surface area contributed by atoms with E-state index in [0.29, 0.717) is 11.7 Å². The summed E-state index contributed by atoms with van der Waals surface area (Å²) in [4.78, 5) is 14.5. The molecule has 0 aliphatic rings. The second-order valence-electron chi connectivity index (χ2n) is 3.67. The summed E-state index contributed by atoms with van der Waals surface area (Å²) < 4.78 is 62.3. The Bertz CT molecular complexity index is 771. The highest BCUT2D eigenvalue weighted by molar-refractivity contribution is 7.87. The average Bonchev–Trinajstić information content (AvgIpc) is 2.36. The lowest BCUT2D eigenvalue weighted by atomic mass is 10.1. The van der Waals surface area contributed by atoms with Gasteiger partial charge in [0.05, 0.1) is 5.52 Å². The number of fused-ring (bicyclic) bond motifs is 1. The van der Waals surface area contributed by atoms with Crippen molar-refractivity contribution in [2.24, 2.45) is 0 Å². The van der Waals surface area contributed by atoms with Crippen molar-refractivity contribution in [1.82, 2.24) is 4.98 Å². The number of hydrogen-bond donors (Lipinski definition) is 0. The number of carbonyl (C=O) groups is 1. The van der Waals surface area contributed by atoms with Gasteiger partial charge in [-0.3, -0.25) is 4.79 Å². The summed E-state index contributed by atoms with van der Waals surface area (Å²) in [6.45, 7) is 0. The molecule has 0 aliphatic carbocycles. The quantitative estimate of drug-likeness (QED) is 0.494. The highest BCUT2D eigenvalue weighted by Gasteiger charge is 2.48. The zero-order chi connectivity index (χ0) is 15.0. The fourth-order valence-corrected chi connectivity index (χ4v) is 1.88. The molecule has 0 fully saturated rings. The van der Waals surface area contributed by atoms with E-state index in [1.54, 1.807) is 6.07 Å². The SMILES string of the molecule is O=Cc1cc(OS(=O)(=O)C(F)(F)F)nc2ccccc12. The van der Waals surface area contributed by atoms with Crippen molar-refractivity contribution < 1.29 is 30.6 Å². The van der Waals surface area contributed by atoms with Gasteiger partial charge in [-0.05, 0) is 6.07 Å². The number of aromatic nitrogens is 1. The van der Waals surface area contributed by atoms with E-state index in [0.717, 1.165) is 6.07 Å². The minimum Gasteiger partial charge on any atom is -0.355 e. The van der Waals surface area contributed by atoms with Gasteiger partial charge in [0.25, 0.3) is 0 Å². The summed E-state index contributed by atoms with van der Waals surface area (Å²) in [6, 6.07) is 6.90. The van der Waals surface area contributed by atoms with Crippen molar-refractivity contribution in [3.63, 3.8) is 0 Å². The molecule has 2 rings (SSSR count). The predicted molar refractivity (Wildman–Crippen MR) is 62.7 cm³/mol. The maximum Gasteiger partial charge on any atom is 0.534 e. The van der Waals surface area contributed by atoms with Crippen LogP contribution in [0.25, 0.3) is 10.9 Å². The summed E-state index contributed by atoms with van der Waals surface area (Å²) in [5.41, 5.74) is -5.45. The topological polar surface area (TPSA) is 73.3 Å². The zero-order valence-corrected chi connectivity index (χ0v) is 10.4. The number of aldehydes is 1. The Labute approximate surface area is 111 Å². The Morgan fingerprint density at radius 1 is 1.20 bits per heavy atom. The van der Waals surface area contributed by atoms with Gasteiger partial charge < -0.3 is 4.18 Å². The van der Waals surface area contributed by atoms with Crippen LogP contribution in [0, 0.1) is 0 Å². The predicted octanol–water partition coefficient (Wildman–Crippen LogP) is 2.28. The molecule has 1 aromatic heterocycles. The third kappa shape index (κ3) is 2.57. The normalized spacial score (nSPS) is 12.3. The number of rotatable bonds is 3. The maximum absolute atomic E-state index is 12.2. The lowest BCUT2D eigenvalue weighted by Gasteiger charge is -2.10. The van der Waals surface area contributed by atoms with Crippen LogP contribution in [-0.2, 0) is 10.1 Å². The molecule has 106 valence electrons. The third-order valence-electron chi connectivity index (χ3n) is 2.33. The van der Waals surface area contributed by atoms with Gasteiger partial charge in [0.15, 0.2) is 6.29 Å². The second kappa shape index (κ2) is 4.75. The molecule has 0 saturated heterocycles. The number of pyridine rings is 1. The monoisotopic (exact) mass is 305 g/mol. The lowest BCUT2D eigenvalue weighted by Crippen LogP contribution is -2.28. The van der Waals surface area contributed by atoms with Gasteiger partial charge in [0.2, 0.25) is 5.88 Å². The molecule has 0 aliphatic heterocycles. The fourth-order valence-electron chi connectivity index (χ4n) is 1.48. The molecule has 20 heavy (non-hydrogen) atoms. The average molecular weight is 305 g/mol. The molecule has 0 saturated carbocycles. The first-order valence-corrected chi connectivity index (χ1v) is 6.51. The van der Waals surface area contributed by atoms with E-state index in [9.17, 15) is 26.4 Å². The first-order valence-electron chi connectivity index (χ1n) is 5.10. The number of halogens is 3. The number of benzene rings is 1. The highest BCUT2D eigenvalue weighted by Crippen LogP contribution is 2.28. The Morgan fingerprint density at radius 3 is 2.45 bits per heavy atom. The number of nitrogens with zero attached hydrogens (tertiary/aromatic N) is 1.